The molecule has 0 radical (unpaired) electrons. The van der Waals surface area contributed by atoms with Crippen molar-refractivity contribution in [1.29, 1.82) is 0 Å². The molecule has 2 aliphatic heterocycles. The summed E-state index contributed by atoms with van der Waals surface area (Å²) in [4.78, 5) is 6.95. The van der Waals surface area contributed by atoms with Gasteiger partial charge in [0, 0.05) is 57.8 Å². The van der Waals surface area contributed by atoms with Crippen LogP contribution in [0.3, 0.4) is 0 Å². The number of ether oxygens (including phenoxy) is 1. The second-order valence-corrected chi connectivity index (χ2v) is 5.47. The second-order valence-electron chi connectivity index (χ2n) is 5.47. The minimum absolute atomic E-state index is 0.514. The van der Waals surface area contributed by atoms with Gasteiger partial charge in [0.25, 0.3) is 0 Å². The van der Waals surface area contributed by atoms with Crippen LogP contribution in [0.2, 0.25) is 0 Å². The van der Waals surface area contributed by atoms with Gasteiger partial charge in [-0.05, 0) is 30.4 Å². The van der Waals surface area contributed by atoms with Crippen LogP contribution in [0.4, 0.5) is 0 Å². The first-order chi connectivity index (χ1) is 9.45. The standard InChI is InChI=1S/C15H23N3O/c1-2-14(12-17-5-1)15(13-3-10-19-11-4-13)18-8-6-16-7-9-18/h1-2,5,12-13,15-16H,3-4,6-11H2/t15-/m0/s1. The Morgan fingerprint density at radius 2 is 2.05 bits per heavy atom. The number of aromatic nitrogens is 1. The summed E-state index contributed by atoms with van der Waals surface area (Å²) in [7, 11) is 0. The molecule has 0 amide bonds. The van der Waals surface area contributed by atoms with E-state index in [0.29, 0.717) is 12.0 Å². The normalized spacial score (nSPS) is 24.2. The summed E-state index contributed by atoms with van der Waals surface area (Å²) in [5.41, 5.74) is 1.37. The zero-order valence-electron chi connectivity index (χ0n) is 11.4. The molecule has 0 aromatic carbocycles. The summed E-state index contributed by atoms with van der Waals surface area (Å²) in [5.74, 6) is 0.705. The number of pyridine rings is 1. The Hall–Kier alpha value is -0.970. The average Bonchev–Trinajstić information content (AvgIpc) is 2.51. The molecule has 0 spiro atoms. The predicted molar refractivity (Wildman–Crippen MR) is 75.0 cm³/mol. The molecular formula is C15H23N3O. The Bertz CT molecular complexity index is 354. The van der Waals surface area contributed by atoms with Gasteiger partial charge in [0.2, 0.25) is 0 Å². The Morgan fingerprint density at radius 3 is 2.74 bits per heavy atom. The van der Waals surface area contributed by atoms with E-state index in [9.17, 15) is 0 Å². The quantitative estimate of drug-likeness (QED) is 0.894. The molecule has 2 fully saturated rings. The highest BCUT2D eigenvalue weighted by Crippen LogP contribution is 2.34. The maximum atomic E-state index is 5.53. The van der Waals surface area contributed by atoms with E-state index in [0.717, 1.165) is 39.4 Å². The highest BCUT2D eigenvalue weighted by molar-refractivity contribution is 5.16. The monoisotopic (exact) mass is 261 g/mol. The first kappa shape index (κ1) is 13.0. The Balaban J connectivity index is 1.81. The molecular weight excluding hydrogens is 238 g/mol. The van der Waals surface area contributed by atoms with Crippen molar-refractivity contribution in [3.63, 3.8) is 0 Å². The van der Waals surface area contributed by atoms with Crippen molar-refractivity contribution in [2.24, 2.45) is 5.92 Å². The summed E-state index contributed by atoms with van der Waals surface area (Å²) in [5, 5.41) is 3.44. The lowest BCUT2D eigenvalue weighted by molar-refractivity contribution is 0.0212. The van der Waals surface area contributed by atoms with Crippen LogP contribution in [0.15, 0.2) is 24.5 Å². The van der Waals surface area contributed by atoms with Gasteiger partial charge < -0.3 is 10.1 Å². The van der Waals surface area contributed by atoms with Crippen molar-refractivity contribution < 1.29 is 4.74 Å². The van der Waals surface area contributed by atoms with Crippen LogP contribution >= 0.6 is 0 Å². The van der Waals surface area contributed by atoms with E-state index in [4.69, 9.17) is 4.74 Å². The van der Waals surface area contributed by atoms with Gasteiger partial charge in [-0.25, -0.2) is 0 Å². The highest BCUT2D eigenvalue weighted by Gasteiger charge is 2.31. The lowest BCUT2D eigenvalue weighted by Crippen LogP contribution is -2.47. The van der Waals surface area contributed by atoms with Gasteiger partial charge in [0.1, 0.15) is 0 Å². The van der Waals surface area contributed by atoms with Crippen LogP contribution in [-0.4, -0.2) is 49.3 Å². The Kier molecular flexibility index (Phi) is 4.43. The van der Waals surface area contributed by atoms with E-state index in [2.05, 4.69) is 27.3 Å². The number of nitrogens with zero attached hydrogens (tertiary/aromatic N) is 2. The van der Waals surface area contributed by atoms with E-state index in [1.165, 1.54) is 18.4 Å². The van der Waals surface area contributed by atoms with Crippen molar-refractivity contribution in [2.45, 2.75) is 18.9 Å². The molecule has 1 atom stereocenters. The summed E-state index contributed by atoms with van der Waals surface area (Å²) in [6, 6.07) is 4.80. The molecule has 3 rings (SSSR count). The topological polar surface area (TPSA) is 37.4 Å². The van der Waals surface area contributed by atoms with Gasteiger partial charge >= 0.3 is 0 Å². The molecule has 4 nitrogen and oxygen atoms in total. The first-order valence-corrected chi connectivity index (χ1v) is 7.37. The predicted octanol–water partition coefficient (Wildman–Crippen LogP) is 1.45. The molecule has 0 unspecified atom stereocenters. The number of hydrogen-bond acceptors (Lipinski definition) is 4. The highest BCUT2D eigenvalue weighted by atomic mass is 16.5. The number of rotatable bonds is 3. The molecule has 4 heteroatoms. The molecule has 0 aliphatic carbocycles. The first-order valence-electron chi connectivity index (χ1n) is 7.37. The third-order valence-electron chi connectivity index (χ3n) is 4.28. The molecule has 2 saturated heterocycles. The molecule has 19 heavy (non-hydrogen) atoms. The fourth-order valence-corrected chi connectivity index (χ4v) is 3.32. The Morgan fingerprint density at radius 1 is 1.26 bits per heavy atom. The van der Waals surface area contributed by atoms with Gasteiger partial charge in [-0.3, -0.25) is 9.88 Å². The van der Waals surface area contributed by atoms with Crippen LogP contribution in [0.5, 0.6) is 0 Å². The number of hydrogen-bond donors (Lipinski definition) is 1. The lowest BCUT2D eigenvalue weighted by atomic mass is 9.86. The van der Waals surface area contributed by atoms with E-state index >= 15 is 0 Å². The molecule has 1 N–H and O–H groups in total. The van der Waals surface area contributed by atoms with Crippen LogP contribution < -0.4 is 5.32 Å². The van der Waals surface area contributed by atoms with E-state index in [-0.39, 0.29) is 0 Å². The van der Waals surface area contributed by atoms with Gasteiger partial charge in [0.15, 0.2) is 0 Å². The average molecular weight is 261 g/mol. The van der Waals surface area contributed by atoms with Crippen LogP contribution in [0, 0.1) is 5.92 Å². The van der Waals surface area contributed by atoms with E-state index in [1.807, 2.05) is 12.4 Å². The minimum atomic E-state index is 0.514. The van der Waals surface area contributed by atoms with E-state index in [1.54, 1.807) is 0 Å². The smallest absolute Gasteiger partial charge is 0.0469 e. The molecule has 0 saturated carbocycles. The fourth-order valence-electron chi connectivity index (χ4n) is 3.32. The van der Waals surface area contributed by atoms with Crippen molar-refractivity contribution in [3.05, 3.63) is 30.1 Å². The molecule has 2 aliphatic rings. The van der Waals surface area contributed by atoms with Crippen LogP contribution in [-0.2, 0) is 4.74 Å². The molecule has 1 aromatic rings. The SMILES string of the molecule is c1cncc([C@H](C2CCOCC2)N2CCNCC2)c1. The molecule has 1 aromatic heterocycles. The van der Waals surface area contributed by atoms with Crippen LogP contribution in [0.1, 0.15) is 24.4 Å². The maximum Gasteiger partial charge on any atom is 0.0469 e. The number of piperazine rings is 1. The summed E-state index contributed by atoms with van der Waals surface area (Å²) >= 11 is 0. The number of nitrogens with one attached hydrogen (secondary N) is 1. The van der Waals surface area contributed by atoms with Crippen molar-refractivity contribution in [3.8, 4) is 0 Å². The van der Waals surface area contributed by atoms with Gasteiger partial charge in [-0.1, -0.05) is 6.07 Å². The molecule has 104 valence electrons. The van der Waals surface area contributed by atoms with Crippen molar-refractivity contribution in [1.82, 2.24) is 15.2 Å². The third kappa shape index (κ3) is 3.14. The third-order valence-corrected chi connectivity index (χ3v) is 4.28. The zero-order chi connectivity index (χ0) is 12.9. The summed E-state index contributed by atoms with van der Waals surface area (Å²) in [6.07, 6.45) is 6.25. The largest absolute Gasteiger partial charge is 0.381 e. The molecule has 0 bridgehead atoms. The van der Waals surface area contributed by atoms with Crippen molar-refractivity contribution >= 4 is 0 Å². The summed E-state index contributed by atoms with van der Waals surface area (Å²) in [6.45, 7) is 6.29. The van der Waals surface area contributed by atoms with E-state index < -0.39 is 0 Å². The fraction of sp³-hybridized carbons (Fsp3) is 0.667. The van der Waals surface area contributed by atoms with Gasteiger partial charge in [0.05, 0.1) is 0 Å². The molecule has 3 heterocycles. The Labute approximate surface area is 115 Å². The van der Waals surface area contributed by atoms with Crippen molar-refractivity contribution in [2.75, 3.05) is 39.4 Å². The second kappa shape index (κ2) is 6.46. The maximum absolute atomic E-state index is 5.53. The summed E-state index contributed by atoms with van der Waals surface area (Å²) < 4.78 is 5.53. The van der Waals surface area contributed by atoms with Crippen LogP contribution in [0.25, 0.3) is 0 Å². The van der Waals surface area contributed by atoms with Gasteiger partial charge in [-0.2, -0.15) is 0 Å². The minimum Gasteiger partial charge on any atom is -0.381 e. The van der Waals surface area contributed by atoms with Gasteiger partial charge in [-0.15, -0.1) is 0 Å². The lowest BCUT2D eigenvalue weighted by Gasteiger charge is -2.41. The zero-order valence-corrected chi connectivity index (χ0v) is 11.4.